The lowest BCUT2D eigenvalue weighted by atomic mass is 10.2. The van der Waals surface area contributed by atoms with Crippen LogP contribution in [-0.2, 0) is 0 Å². The number of nitrogens with zero attached hydrogens (tertiary/aromatic N) is 1. The number of hydrogen-bond donors (Lipinski definition) is 2. The Morgan fingerprint density at radius 2 is 2.32 bits per heavy atom. The van der Waals surface area contributed by atoms with Crippen LogP contribution in [0.3, 0.4) is 0 Å². The van der Waals surface area contributed by atoms with E-state index in [9.17, 15) is 4.79 Å². The summed E-state index contributed by atoms with van der Waals surface area (Å²) in [5.74, 6) is 1.09. The van der Waals surface area contributed by atoms with Crippen LogP contribution in [-0.4, -0.2) is 35.0 Å². The van der Waals surface area contributed by atoms with E-state index in [0.717, 1.165) is 24.3 Å². The Kier molecular flexibility index (Phi) is 5.07. The smallest absolute Gasteiger partial charge is 0.270 e. The van der Waals surface area contributed by atoms with E-state index >= 15 is 0 Å². The summed E-state index contributed by atoms with van der Waals surface area (Å²) in [6, 6.07) is 3.93. The maximum atomic E-state index is 12.1. The maximum Gasteiger partial charge on any atom is 0.270 e. The van der Waals surface area contributed by atoms with Crippen molar-refractivity contribution in [1.82, 2.24) is 10.3 Å². The molecule has 1 aromatic rings. The van der Waals surface area contributed by atoms with Gasteiger partial charge >= 0.3 is 0 Å². The van der Waals surface area contributed by atoms with Gasteiger partial charge in [-0.2, -0.15) is 11.8 Å². The molecular weight excluding hydrogens is 258 g/mol. The molecule has 2 unspecified atom stereocenters. The fourth-order valence-corrected chi connectivity index (χ4v) is 3.54. The fraction of sp³-hybridized carbons (Fsp3) is 0.571. The van der Waals surface area contributed by atoms with Crippen molar-refractivity contribution in [2.45, 2.75) is 37.5 Å². The molecule has 1 aliphatic rings. The van der Waals surface area contributed by atoms with E-state index < -0.39 is 0 Å². The first-order valence-electron chi connectivity index (χ1n) is 6.79. The highest BCUT2D eigenvalue weighted by Gasteiger charge is 2.26. The first-order chi connectivity index (χ1) is 9.22. The number of rotatable bonds is 5. The molecule has 2 N–H and O–H groups in total. The number of carbonyl (C=O) groups is 1. The Labute approximate surface area is 118 Å². The molecule has 0 radical (unpaired) electrons. The van der Waals surface area contributed by atoms with Crippen molar-refractivity contribution in [1.29, 1.82) is 0 Å². The number of pyridine rings is 1. The van der Waals surface area contributed by atoms with Crippen LogP contribution in [0.25, 0.3) is 0 Å². The normalized spacial score (nSPS) is 22.2. The van der Waals surface area contributed by atoms with Gasteiger partial charge in [-0.25, -0.2) is 4.98 Å². The number of amides is 1. The number of nitrogens with one attached hydrogen (secondary N) is 2. The SMILES string of the molecule is CCSC1CCC(NC(=O)c2ccc(NC)cn2)C1. The first kappa shape index (κ1) is 14.2. The molecule has 0 saturated heterocycles. The van der Waals surface area contributed by atoms with Crippen molar-refractivity contribution >= 4 is 23.4 Å². The van der Waals surface area contributed by atoms with E-state index in [1.165, 1.54) is 6.42 Å². The third kappa shape index (κ3) is 3.86. The molecule has 0 aliphatic heterocycles. The minimum absolute atomic E-state index is 0.0604. The quantitative estimate of drug-likeness (QED) is 0.869. The Bertz CT molecular complexity index is 421. The molecule has 5 heteroatoms. The standard InChI is InChI=1S/C14H21N3OS/c1-3-19-12-6-4-10(8-12)17-14(18)13-7-5-11(15-2)9-16-13/h5,7,9-10,12,15H,3-4,6,8H2,1-2H3,(H,17,18). The molecule has 0 bridgehead atoms. The van der Waals surface area contributed by atoms with Gasteiger partial charge in [-0.15, -0.1) is 0 Å². The lowest BCUT2D eigenvalue weighted by molar-refractivity contribution is 0.0933. The Balaban J connectivity index is 1.87. The summed E-state index contributed by atoms with van der Waals surface area (Å²) in [5, 5.41) is 6.78. The second-order valence-corrected chi connectivity index (χ2v) is 6.32. The molecule has 1 heterocycles. The first-order valence-corrected chi connectivity index (χ1v) is 7.84. The van der Waals surface area contributed by atoms with E-state index in [1.807, 2.05) is 24.9 Å². The summed E-state index contributed by atoms with van der Waals surface area (Å²) in [4.78, 5) is 16.2. The third-order valence-corrected chi connectivity index (χ3v) is 4.64. The average molecular weight is 279 g/mol. The van der Waals surface area contributed by atoms with Crippen LogP contribution in [0, 0.1) is 0 Å². The van der Waals surface area contributed by atoms with Gasteiger partial charge in [-0.3, -0.25) is 4.79 Å². The summed E-state index contributed by atoms with van der Waals surface area (Å²) in [7, 11) is 1.83. The Hall–Kier alpha value is -1.23. The zero-order chi connectivity index (χ0) is 13.7. The molecule has 104 valence electrons. The van der Waals surface area contributed by atoms with Gasteiger partial charge in [-0.1, -0.05) is 6.92 Å². The van der Waals surface area contributed by atoms with Gasteiger partial charge in [0, 0.05) is 18.3 Å². The molecule has 1 amide bonds. The van der Waals surface area contributed by atoms with Crippen molar-refractivity contribution in [3.05, 3.63) is 24.0 Å². The van der Waals surface area contributed by atoms with Gasteiger partial charge in [0.25, 0.3) is 5.91 Å². The van der Waals surface area contributed by atoms with Crippen molar-refractivity contribution in [3.63, 3.8) is 0 Å². The summed E-state index contributed by atoms with van der Waals surface area (Å²) in [5.41, 5.74) is 1.41. The Morgan fingerprint density at radius 3 is 2.95 bits per heavy atom. The minimum atomic E-state index is -0.0604. The van der Waals surface area contributed by atoms with Crippen molar-refractivity contribution in [2.75, 3.05) is 18.1 Å². The predicted octanol–water partition coefficient (Wildman–Crippen LogP) is 2.53. The van der Waals surface area contributed by atoms with Crippen LogP contribution in [0.2, 0.25) is 0 Å². The van der Waals surface area contributed by atoms with Gasteiger partial charge in [0.1, 0.15) is 5.69 Å². The lowest BCUT2D eigenvalue weighted by Crippen LogP contribution is -2.33. The van der Waals surface area contributed by atoms with Crippen molar-refractivity contribution in [2.24, 2.45) is 0 Å². The Morgan fingerprint density at radius 1 is 1.47 bits per heavy atom. The van der Waals surface area contributed by atoms with Crippen LogP contribution in [0.4, 0.5) is 5.69 Å². The number of aromatic nitrogens is 1. The molecule has 2 atom stereocenters. The van der Waals surface area contributed by atoms with Gasteiger partial charge in [-0.05, 0) is 37.1 Å². The molecule has 1 fully saturated rings. The van der Waals surface area contributed by atoms with Crippen molar-refractivity contribution < 1.29 is 4.79 Å². The van der Waals surface area contributed by atoms with Crippen LogP contribution in [0.1, 0.15) is 36.7 Å². The number of carbonyl (C=O) groups excluding carboxylic acids is 1. The molecule has 1 aromatic heterocycles. The van der Waals surface area contributed by atoms with Gasteiger partial charge < -0.3 is 10.6 Å². The van der Waals surface area contributed by atoms with E-state index in [4.69, 9.17) is 0 Å². The second-order valence-electron chi connectivity index (χ2n) is 4.74. The number of thioether (sulfide) groups is 1. The van der Waals surface area contributed by atoms with Gasteiger partial charge in [0.2, 0.25) is 0 Å². The molecule has 2 rings (SSSR count). The van der Waals surface area contributed by atoms with Crippen LogP contribution in [0.5, 0.6) is 0 Å². The van der Waals surface area contributed by atoms with Crippen LogP contribution >= 0.6 is 11.8 Å². The summed E-state index contributed by atoms with van der Waals surface area (Å²) < 4.78 is 0. The molecule has 0 aromatic carbocycles. The summed E-state index contributed by atoms with van der Waals surface area (Å²) in [6.07, 6.45) is 5.05. The average Bonchev–Trinajstić information content (AvgIpc) is 2.86. The molecular formula is C14H21N3OS. The molecule has 0 spiro atoms. The zero-order valence-corrected chi connectivity index (χ0v) is 12.3. The maximum absolute atomic E-state index is 12.1. The molecule has 1 saturated carbocycles. The number of anilines is 1. The van der Waals surface area contributed by atoms with E-state index in [1.54, 1.807) is 12.3 Å². The zero-order valence-electron chi connectivity index (χ0n) is 11.5. The molecule has 1 aliphatic carbocycles. The largest absolute Gasteiger partial charge is 0.387 e. The summed E-state index contributed by atoms with van der Waals surface area (Å²) in [6.45, 7) is 2.18. The molecule has 19 heavy (non-hydrogen) atoms. The highest BCUT2D eigenvalue weighted by Crippen LogP contribution is 2.29. The van der Waals surface area contributed by atoms with Crippen LogP contribution in [0.15, 0.2) is 18.3 Å². The highest BCUT2D eigenvalue weighted by atomic mass is 32.2. The third-order valence-electron chi connectivity index (χ3n) is 3.41. The van der Waals surface area contributed by atoms with Gasteiger partial charge in [0.15, 0.2) is 0 Å². The van der Waals surface area contributed by atoms with Crippen LogP contribution < -0.4 is 10.6 Å². The fourth-order valence-electron chi connectivity index (χ4n) is 2.39. The molecule has 4 nitrogen and oxygen atoms in total. The monoisotopic (exact) mass is 279 g/mol. The van der Waals surface area contributed by atoms with Crippen molar-refractivity contribution in [3.8, 4) is 0 Å². The van der Waals surface area contributed by atoms with E-state index in [2.05, 4.69) is 22.5 Å². The van der Waals surface area contributed by atoms with E-state index in [0.29, 0.717) is 17.0 Å². The van der Waals surface area contributed by atoms with Gasteiger partial charge in [0.05, 0.1) is 11.9 Å². The predicted molar refractivity (Wildman–Crippen MR) is 80.8 cm³/mol. The second kappa shape index (κ2) is 6.80. The topological polar surface area (TPSA) is 54.0 Å². The minimum Gasteiger partial charge on any atom is -0.387 e. The lowest BCUT2D eigenvalue weighted by Gasteiger charge is -2.13. The highest BCUT2D eigenvalue weighted by molar-refractivity contribution is 7.99. The summed E-state index contributed by atoms with van der Waals surface area (Å²) >= 11 is 2.00. The number of hydrogen-bond acceptors (Lipinski definition) is 4. The van der Waals surface area contributed by atoms with E-state index in [-0.39, 0.29) is 5.91 Å².